The molecule has 0 saturated heterocycles. The lowest BCUT2D eigenvalue weighted by Gasteiger charge is -2.20. The highest BCUT2D eigenvalue weighted by Crippen LogP contribution is 2.26. The van der Waals surface area contributed by atoms with E-state index in [-0.39, 0.29) is 0 Å². The Kier molecular flexibility index (Phi) is 6.63. The van der Waals surface area contributed by atoms with Gasteiger partial charge in [0.15, 0.2) is 0 Å². The zero-order chi connectivity index (χ0) is 19.5. The first-order valence-corrected chi connectivity index (χ1v) is 9.88. The van der Waals surface area contributed by atoms with Crippen molar-refractivity contribution in [1.29, 1.82) is 0 Å². The summed E-state index contributed by atoms with van der Waals surface area (Å²) in [5.41, 5.74) is 0.633. The van der Waals surface area contributed by atoms with Gasteiger partial charge in [0.1, 0.15) is 10.7 Å². The highest BCUT2D eigenvalue weighted by Gasteiger charge is 2.25. The average Bonchev–Trinajstić information content (AvgIpc) is 2.54. The standard InChI is InChI=1S/C17H17Cl2FN2O3S/c1-10(13-8-7-12(18)9-14(13)19)21-17(23)11(2)22-26(24,25)16-6-4-3-5-15(16)20/h3-11,22H,1-2H3,(H,21,23)/t10?,11-/m0/s1. The molecule has 2 atom stereocenters. The third-order valence-electron chi connectivity index (χ3n) is 3.64. The number of carbonyl (C=O) groups is 1. The van der Waals surface area contributed by atoms with Crippen molar-refractivity contribution in [3.05, 3.63) is 63.9 Å². The highest BCUT2D eigenvalue weighted by molar-refractivity contribution is 7.89. The van der Waals surface area contributed by atoms with Crippen molar-refractivity contribution in [2.45, 2.75) is 30.8 Å². The number of benzene rings is 2. The molecule has 2 rings (SSSR count). The molecule has 140 valence electrons. The Morgan fingerprint density at radius 1 is 1.12 bits per heavy atom. The molecule has 0 spiro atoms. The van der Waals surface area contributed by atoms with Gasteiger partial charge in [0.05, 0.1) is 12.1 Å². The summed E-state index contributed by atoms with van der Waals surface area (Å²) in [4.78, 5) is 11.8. The monoisotopic (exact) mass is 418 g/mol. The molecule has 0 aliphatic carbocycles. The molecule has 0 aromatic heterocycles. The second kappa shape index (κ2) is 8.35. The largest absolute Gasteiger partial charge is 0.348 e. The van der Waals surface area contributed by atoms with Crippen LogP contribution in [0.25, 0.3) is 0 Å². The van der Waals surface area contributed by atoms with Crippen LogP contribution in [-0.2, 0) is 14.8 Å². The minimum Gasteiger partial charge on any atom is -0.348 e. The maximum absolute atomic E-state index is 13.7. The van der Waals surface area contributed by atoms with Gasteiger partial charge >= 0.3 is 0 Å². The highest BCUT2D eigenvalue weighted by atomic mass is 35.5. The first-order chi connectivity index (χ1) is 12.1. The van der Waals surface area contributed by atoms with Crippen molar-refractivity contribution in [1.82, 2.24) is 10.0 Å². The molecule has 26 heavy (non-hydrogen) atoms. The number of nitrogens with one attached hydrogen (secondary N) is 2. The zero-order valence-electron chi connectivity index (χ0n) is 14.0. The third-order valence-corrected chi connectivity index (χ3v) is 5.78. The van der Waals surface area contributed by atoms with E-state index in [2.05, 4.69) is 10.0 Å². The van der Waals surface area contributed by atoms with Crippen LogP contribution in [0.4, 0.5) is 4.39 Å². The van der Waals surface area contributed by atoms with E-state index < -0.39 is 38.7 Å². The summed E-state index contributed by atoms with van der Waals surface area (Å²) in [7, 11) is -4.18. The molecule has 0 radical (unpaired) electrons. The average molecular weight is 419 g/mol. The first kappa shape index (κ1) is 20.6. The molecular weight excluding hydrogens is 402 g/mol. The SMILES string of the molecule is CC(NC(=O)[C@H](C)NS(=O)(=O)c1ccccc1F)c1ccc(Cl)cc1Cl. The Bertz CT molecular complexity index is 922. The van der Waals surface area contributed by atoms with Crippen LogP contribution in [0, 0.1) is 5.82 Å². The van der Waals surface area contributed by atoms with Gasteiger partial charge < -0.3 is 5.32 Å². The Morgan fingerprint density at radius 3 is 2.38 bits per heavy atom. The van der Waals surface area contributed by atoms with Crippen LogP contribution < -0.4 is 10.0 Å². The molecule has 2 aromatic rings. The predicted octanol–water partition coefficient (Wildman–Crippen LogP) is 3.68. The predicted molar refractivity (Wildman–Crippen MR) is 99.2 cm³/mol. The van der Waals surface area contributed by atoms with Crippen molar-refractivity contribution in [3.8, 4) is 0 Å². The summed E-state index contributed by atoms with van der Waals surface area (Å²) in [5.74, 6) is -1.47. The summed E-state index contributed by atoms with van der Waals surface area (Å²) < 4.78 is 40.4. The van der Waals surface area contributed by atoms with Crippen LogP contribution in [0.15, 0.2) is 47.4 Å². The van der Waals surface area contributed by atoms with Crippen LogP contribution in [0.1, 0.15) is 25.5 Å². The lowest BCUT2D eigenvalue weighted by atomic mass is 10.1. The van der Waals surface area contributed by atoms with E-state index in [1.807, 2.05) is 0 Å². The van der Waals surface area contributed by atoms with E-state index in [4.69, 9.17) is 23.2 Å². The number of carbonyl (C=O) groups excluding carboxylic acids is 1. The molecule has 9 heteroatoms. The number of rotatable bonds is 6. The van der Waals surface area contributed by atoms with Crippen molar-refractivity contribution < 1.29 is 17.6 Å². The summed E-state index contributed by atoms with van der Waals surface area (Å²) in [6, 6.07) is 8.18. The van der Waals surface area contributed by atoms with E-state index in [1.165, 1.54) is 19.1 Å². The van der Waals surface area contributed by atoms with Gasteiger partial charge in [-0.15, -0.1) is 0 Å². The summed E-state index contributed by atoms with van der Waals surface area (Å²) >= 11 is 11.9. The molecule has 1 amide bonds. The van der Waals surface area contributed by atoms with Gasteiger partial charge in [-0.25, -0.2) is 12.8 Å². The minimum atomic E-state index is -4.18. The van der Waals surface area contributed by atoms with E-state index in [0.29, 0.717) is 15.6 Å². The number of sulfonamides is 1. The third kappa shape index (κ3) is 4.94. The fourth-order valence-electron chi connectivity index (χ4n) is 2.28. The molecule has 0 heterocycles. The van der Waals surface area contributed by atoms with Gasteiger partial charge in [-0.2, -0.15) is 4.72 Å². The van der Waals surface area contributed by atoms with Gasteiger partial charge in [0, 0.05) is 10.0 Å². The second-order valence-corrected chi connectivity index (χ2v) is 8.20. The molecule has 0 bridgehead atoms. The quantitative estimate of drug-likeness (QED) is 0.750. The van der Waals surface area contributed by atoms with Gasteiger partial charge in [-0.1, -0.05) is 41.4 Å². The van der Waals surface area contributed by atoms with Gasteiger partial charge in [0.25, 0.3) is 0 Å². The normalized spacial score (nSPS) is 13.9. The fraction of sp³-hybridized carbons (Fsp3) is 0.235. The zero-order valence-corrected chi connectivity index (χ0v) is 16.3. The number of amides is 1. The number of halogens is 3. The van der Waals surface area contributed by atoms with Crippen molar-refractivity contribution >= 4 is 39.1 Å². The van der Waals surface area contributed by atoms with Crippen LogP contribution in [0.3, 0.4) is 0 Å². The smallest absolute Gasteiger partial charge is 0.244 e. The maximum atomic E-state index is 13.7. The van der Waals surface area contributed by atoms with E-state index in [1.54, 1.807) is 25.1 Å². The minimum absolute atomic E-state index is 0.380. The number of hydrogen-bond donors (Lipinski definition) is 2. The molecule has 2 aromatic carbocycles. The van der Waals surface area contributed by atoms with Gasteiger partial charge in [-0.3, -0.25) is 4.79 Å². The molecule has 0 aliphatic rings. The van der Waals surface area contributed by atoms with Gasteiger partial charge in [-0.05, 0) is 43.7 Å². The van der Waals surface area contributed by atoms with Crippen LogP contribution in [0.5, 0.6) is 0 Å². The molecule has 1 unspecified atom stereocenters. The van der Waals surface area contributed by atoms with E-state index in [9.17, 15) is 17.6 Å². The summed E-state index contributed by atoms with van der Waals surface area (Å²) in [6.45, 7) is 3.06. The van der Waals surface area contributed by atoms with Crippen LogP contribution in [0.2, 0.25) is 10.0 Å². The molecule has 0 fully saturated rings. The van der Waals surface area contributed by atoms with Crippen molar-refractivity contribution in [2.75, 3.05) is 0 Å². The topological polar surface area (TPSA) is 75.3 Å². The van der Waals surface area contributed by atoms with E-state index in [0.717, 1.165) is 12.1 Å². The summed E-state index contributed by atoms with van der Waals surface area (Å²) in [6.07, 6.45) is 0. The van der Waals surface area contributed by atoms with Crippen molar-refractivity contribution in [3.63, 3.8) is 0 Å². The summed E-state index contributed by atoms with van der Waals surface area (Å²) in [5, 5.41) is 3.50. The molecular formula is C17H17Cl2FN2O3S. The van der Waals surface area contributed by atoms with Crippen LogP contribution in [-0.4, -0.2) is 20.4 Å². The Hall–Kier alpha value is -1.67. The molecule has 2 N–H and O–H groups in total. The van der Waals surface area contributed by atoms with E-state index >= 15 is 0 Å². The lowest BCUT2D eigenvalue weighted by molar-refractivity contribution is -0.123. The Labute approximate surface area is 161 Å². The van der Waals surface area contributed by atoms with Gasteiger partial charge in [0.2, 0.25) is 15.9 Å². The Morgan fingerprint density at radius 2 is 1.77 bits per heavy atom. The molecule has 0 saturated carbocycles. The van der Waals surface area contributed by atoms with Crippen molar-refractivity contribution in [2.24, 2.45) is 0 Å². The number of hydrogen-bond acceptors (Lipinski definition) is 3. The fourth-order valence-corrected chi connectivity index (χ4v) is 4.14. The lowest BCUT2D eigenvalue weighted by Crippen LogP contribution is -2.45. The maximum Gasteiger partial charge on any atom is 0.244 e. The molecule has 0 aliphatic heterocycles. The Balaban J connectivity index is 2.09. The van der Waals surface area contributed by atoms with Crippen LogP contribution >= 0.6 is 23.2 Å². The second-order valence-electron chi connectivity index (χ2n) is 5.67. The first-order valence-electron chi connectivity index (χ1n) is 7.64. The molecule has 5 nitrogen and oxygen atoms in total.